The molecule has 0 amide bonds. The number of rotatable bonds is 5. The normalized spacial score (nSPS) is 23.8. The second-order valence-electron chi connectivity index (χ2n) is 6.46. The third-order valence-corrected chi connectivity index (χ3v) is 4.94. The van der Waals surface area contributed by atoms with Crippen LogP contribution in [0.1, 0.15) is 55.3 Å². The van der Waals surface area contributed by atoms with E-state index in [1.54, 1.807) is 0 Å². The number of hydrogen-bond acceptors (Lipinski definition) is 2. The van der Waals surface area contributed by atoms with Gasteiger partial charge in [0.1, 0.15) is 0 Å². The molecule has 21 heavy (non-hydrogen) atoms. The third-order valence-electron chi connectivity index (χ3n) is 4.94. The molecule has 2 N–H and O–H groups in total. The number of nitrogens with one attached hydrogen (secondary N) is 1. The summed E-state index contributed by atoms with van der Waals surface area (Å²) in [6, 6.07) is 6.81. The van der Waals surface area contributed by atoms with Gasteiger partial charge in [-0.1, -0.05) is 31.0 Å². The van der Waals surface area contributed by atoms with E-state index in [1.165, 1.54) is 16.7 Å². The van der Waals surface area contributed by atoms with Gasteiger partial charge in [-0.3, -0.25) is 4.79 Å². The Morgan fingerprint density at radius 2 is 2.00 bits per heavy atom. The lowest BCUT2D eigenvalue weighted by molar-refractivity contribution is -0.144. The molecule has 3 heteroatoms. The summed E-state index contributed by atoms with van der Waals surface area (Å²) in [5.74, 6) is -0.524. The van der Waals surface area contributed by atoms with Gasteiger partial charge in [0.15, 0.2) is 0 Å². The van der Waals surface area contributed by atoms with Crippen LogP contribution in [-0.4, -0.2) is 17.6 Å². The summed E-state index contributed by atoms with van der Waals surface area (Å²) in [5.41, 5.74) is 3.90. The zero-order valence-electron chi connectivity index (χ0n) is 13.4. The number of aliphatic carboxylic acids is 1. The van der Waals surface area contributed by atoms with Crippen molar-refractivity contribution < 1.29 is 9.90 Å². The van der Waals surface area contributed by atoms with Gasteiger partial charge in [0.05, 0.1) is 5.92 Å². The Bertz CT molecular complexity index is 498. The van der Waals surface area contributed by atoms with Crippen LogP contribution < -0.4 is 5.32 Å². The van der Waals surface area contributed by atoms with E-state index in [9.17, 15) is 9.90 Å². The van der Waals surface area contributed by atoms with Gasteiger partial charge in [-0.2, -0.15) is 0 Å². The first-order chi connectivity index (χ1) is 9.99. The van der Waals surface area contributed by atoms with Gasteiger partial charge in [-0.25, -0.2) is 0 Å². The number of benzene rings is 1. The fourth-order valence-electron chi connectivity index (χ4n) is 3.26. The van der Waals surface area contributed by atoms with Gasteiger partial charge in [0.25, 0.3) is 0 Å². The standard InChI is InChI=1S/C18H27NO2/c1-12-8-9-15(10-13(12)2)14(3)19-11-16-6-4-5-7-17(16)18(20)21/h8-10,14,16-17,19H,4-7,11H2,1-3H3,(H,20,21). The van der Waals surface area contributed by atoms with Crippen molar-refractivity contribution in [3.63, 3.8) is 0 Å². The molecule has 116 valence electrons. The van der Waals surface area contributed by atoms with Gasteiger partial charge in [-0.15, -0.1) is 0 Å². The highest BCUT2D eigenvalue weighted by atomic mass is 16.4. The largest absolute Gasteiger partial charge is 0.481 e. The van der Waals surface area contributed by atoms with Gasteiger partial charge in [-0.05, 0) is 62.8 Å². The molecule has 1 aliphatic rings. The van der Waals surface area contributed by atoms with E-state index in [4.69, 9.17) is 0 Å². The summed E-state index contributed by atoms with van der Waals surface area (Å²) in [7, 11) is 0. The molecule has 1 saturated carbocycles. The van der Waals surface area contributed by atoms with Crippen LogP contribution in [0.15, 0.2) is 18.2 Å². The predicted octanol–water partition coefficient (Wildman–Crippen LogP) is 3.85. The molecule has 0 aromatic heterocycles. The van der Waals surface area contributed by atoms with E-state index >= 15 is 0 Å². The molecule has 0 radical (unpaired) electrons. The molecule has 2 rings (SSSR count). The Balaban J connectivity index is 1.94. The zero-order chi connectivity index (χ0) is 15.4. The van der Waals surface area contributed by atoms with Crippen LogP contribution >= 0.6 is 0 Å². The maximum absolute atomic E-state index is 11.3. The van der Waals surface area contributed by atoms with Gasteiger partial charge in [0.2, 0.25) is 0 Å². The highest BCUT2D eigenvalue weighted by molar-refractivity contribution is 5.70. The Kier molecular flexibility index (Phi) is 5.40. The fraction of sp³-hybridized carbons (Fsp3) is 0.611. The summed E-state index contributed by atoms with van der Waals surface area (Å²) in [6.45, 7) is 7.21. The number of carbonyl (C=O) groups is 1. The first-order valence-electron chi connectivity index (χ1n) is 8.02. The minimum absolute atomic E-state index is 0.168. The van der Waals surface area contributed by atoms with Crippen molar-refractivity contribution in [3.05, 3.63) is 34.9 Å². The monoisotopic (exact) mass is 289 g/mol. The molecule has 3 nitrogen and oxygen atoms in total. The van der Waals surface area contributed by atoms with Crippen molar-refractivity contribution in [2.75, 3.05) is 6.54 Å². The van der Waals surface area contributed by atoms with Crippen molar-refractivity contribution in [2.24, 2.45) is 11.8 Å². The average molecular weight is 289 g/mol. The molecule has 3 unspecified atom stereocenters. The molecule has 0 bridgehead atoms. The summed E-state index contributed by atoms with van der Waals surface area (Å²) in [4.78, 5) is 11.3. The molecule has 0 spiro atoms. The highest BCUT2D eigenvalue weighted by Crippen LogP contribution is 2.30. The first-order valence-corrected chi connectivity index (χ1v) is 8.02. The lowest BCUT2D eigenvalue weighted by Gasteiger charge is -2.30. The van der Waals surface area contributed by atoms with Crippen molar-refractivity contribution in [2.45, 2.75) is 52.5 Å². The highest BCUT2D eigenvalue weighted by Gasteiger charge is 2.30. The van der Waals surface area contributed by atoms with Crippen LogP contribution in [0.5, 0.6) is 0 Å². The minimum atomic E-state index is -0.625. The molecule has 1 aliphatic carbocycles. The van der Waals surface area contributed by atoms with Crippen molar-refractivity contribution >= 4 is 5.97 Å². The summed E-state index contributed by atoms with van der Waals surface area (Å²) in [5, 5.41) is 12.9. The molecule has 1 aromatic rings. The molecule has 1 fully saturated rings. The van der Waals surface area contributed by atoms with E-state index in [-0.39, 0.29) is 17.9 Å². The molecule has 1 aromatic carbocycles. The average Bonchev–Trinajstić information content (AvgIpc) is 2.47. The maximum atomic E-state index is 11.3. The van der Waals surface area contributed by atoms with Crippen LogP contribution in [-0.2, 0) is 4.79 Å². The predicted molar refractivity (Wildman–Crippen MR) is 85.4 cm³/mol. The number of aryl methyl sites for hydroxylation is 2. The second kappa shape index (κ2) is 7.08. The first kappa shape index (κ1) is 16.0. The molecular weight excluding hydrogens is 262 g/mol. The van der Waals surface area contributed by atoms with Crippen molar-refractivity contribution in [1.82, 2.24) is 5.32 Å². The SMILES string of the molecule is Cc1ccc(C(C)NCC2CCCCC2C(=O)O)cc1C. The van der Waals surface area contributed by atoms with E-state index < -0.39 is 5.97 Å². The summed E-state index contributed by atoms with van der Waals surface area (Å²) >= 11 is 0. The Hall–Kier alpha value is -1.35. The number of carboxylic acids is 1. The third kappa shape index (κ3) is 4.07. The molecule has 0 aliphatic heterocycles. The zero-order valence-corrected chi connectivity index (χ0v) is 13.4. The molecule has 0 heterocycles. The smallest absolute Gasteiger partial charge is 0.306 e. The van der Waals surface area contributed by atoms with Gasteiger partial charge >= 0.3 is 5.97 Å². The molecule has 3 atom stereocenters. The second-order valence-corrected chi connectivity index (χ2v) is 6.46. The van der Waals surface area contributed by atoms with E-state index in [0.29, 0.717) is 0 Å². The summed E-state index contributed by atoms with van der Waals surface area (Å²) < 4.78 is 0. The number of carboxylic acid groups (broad SMARTS) is 1. The fourth-order valence-corrected chi connectivity index (χ4v) is 3.26. The Morgan fingerprint density at radius 3 is 2.67 bits per heavy atom. The van der Waals surface area contributed by atoms with E-state index in [1.807, 2.05) is 0 Å². The van der Waals surface area contributed by atoms with E-state index in [0.717, 1.165) is 32.2 Å². The minimum Gasteiger partial charge on any atom is -0.481 e. The quantitative estimate of drug-likeness (QED) is 0.865. The van der Waals surface area contributed by atoms with Crippen molar-refractivity contribution in [1.29, 1.82) is 0 Å². The van der Waals surface area contributed by atoms with Crippen LogP contribution in [0.3, 0.4) is 0 Å². The van der Waals surface area contributed by atoms with Crippen molar-refractivity contribution in [3.8, 4) is 0 Å². The van der Waals surface area contributed by atoms with Crippen LogP contribution in [0.4, 0.5) is 0 Å². The topological polar surface area (TPSA) is 49.3 Å². The van der Waals surface area contributed by atoms with Crippen LogP contribution in [0.2, 0.25) is 0 Å². The van der Waals surface area contributed by atoms with Gasteiger partial charge in [0, 0.05) is 6.04 Å². The van der Waals surface area contributed by atoms with E-state index in [2.05, 4.69) is 44.3 Å². The lowest BCUT2D eigenvalue weighted by atomic mass is 9.79. The maximum Gasteiger partial charge on any atom is 0.306 e. The summed E-state index contributed by atoms with van der Waals surface area (Å²) in [6.07, 6.45) is 4.08. The Morgan fingerprint density at radius 1 is 1.29 bits per heavy atom. The van der Waals surface area contributed by atoms with Crippen LogP contribution in [0, 0.1) is 25.7 Å². The lowest BCUT2D eigenvalue weighted by Crippen LogP contribution is -2.35. The molecular formula is C18H27NO2. The Labute approximate surface area is 127 Å². The van der Waals surface area contributed by atoms with Gasteiger partial charge < -0.3 is 10.4 Å². The molecule has 0 saturated heterocycles. The van der Waals surface area contributed by atoms with Crippen LogP contribution in [0.25, 0.3) is 0 Å². The number of hydrogen-bond donors (Lipinski definition) is 2.